The molecule has 1 atom stereocenters. The van der Waals surface area contributed by atoms with Crippen LogP contribution in [0.2, 0.25) is 0 Å². The molecule has 0 radical (unpaired) electrons. The van der Waals surface area contributed by atoms with Crippen LogP contribution in [0.1, 0.15) is 18.5 Å². The van der Waals surface area contributed by atoms with Crippen LogP contribution < -0.4 is 10.6 Å². The predicted molar refractivity (Wildman–Crippen MR) is 67.7 cm³/mol. The summed E-state index contributed by atoms with van der Waals surface area (Å²) in [6, 6.07) is 4.77. The highest BCUT2D eigenvalue weighted by molar-refractivity contribution is 5.95. The summed E-state index contributed by atoms with van der Waals surface area (Å²) in [5, 5.41) is 11.4. The Balaban J connectivity index is 2.19. The van der Waals surface area contributed by atoms with Gasteiger partial charge in [0, 0.05) is 13.1 Å². The molecule has 1 aromatic rings. The molecule has 0 spiro atoms. The number of rotatable bonds is 2. The van der Waals surface area contributed by atoms with Gasteiger partial charge in [-0.1, -0.05) is 11.2 Å². The summed E-state index contributed by atoms with van der Waals surface area (Å²) in [6.45, 7) is 0.398. The number of halogens is 3. The van der Waals surface area contributed by atoms with E-state index in [0.717, 1.165) is 0 Å². The van der Waals surface area contributed by atoms with E-state index in [1.807, 2.05) is 0 Å². The lowest BCUT2D eigenvalue weighted by atomic mass is 9.97. The molecule has 1 saturated heterocycles. The Morgan fingerprint density at radius 1 is 1.45 bits per heavy atom. The molecule has 2 rings (SSSR count). The minimum atomic E-state index is -4.19. The summed E-state index contributed by atoms with van der Waals surface area (Å²) >= 11 is 0. The Labute approximate surface area is 113 Å². The van der Waals surface area contributed by atoms with Crippen molar-refractivity contribution in [1.82, 2.24) is 4.98 Å². The van der Waals surface area contributed by atoms with E-state index < -0.39 is 12.1 Å². The lowest BCUT2D eigenvalue weighted by Crippen LogP contribution is -2.42. The van der Waals surface area contributed by atoms with E-state index in [-0.39, 0.29) is 24.5 Å². The van der Waals surface area contributed by atoms with Gasteiger partial charge < -0.3 is 15.8 Å². The number of hydrogen-bond acceptors (Lipinski definition) is 4. The first-order chi connectivity index (χ1) is 9.41. The maximum Gasteiger partial charge on any atom is 0.393 e. The molecule has 8 heteroatoms. The van der Waals surface area contributed by atoms with Crippen LogP contribution in [0.5, 0.6) is 0 Å². The third kappa shape index (κ3) is 3.12. The lowest BCUT2D eigenvalue weighted by molar-refractivity contribution is -0.176. The van der Waals surface area contributed by atoms with Crippen molar-refractivity contribution >= 4 is 11.7 Å². The van der Waals surface area contributed by atoms with Crippen molar-refractivity contribution in [3.8, 4) is 0 Å². The third-order valence-electron chi connectivity index (χ3n) is 3.31. The zero-order valence-electron chi connectivity index (χ0n) is 10.6. The van der Waals surface area contributed by atoms with Crippen molar-refractivity contribution in [3.05, 3.63) is 23.9 Å². The molecule has 5 nitrogen and oxygen atoms in total. The van der Waals surface area contributed by atoms with Gasteiger partial charge in [-0.15, -0.1) is 0 Å². The summed E-state index contributed by atoms with van der Waals surface area (Å²) < 4.78 is 38.3. The molecule has 1 aliphatic rings. The van der Waals surface area contributed by atoms with Gasteiger partial charge >= 0.3 is 6.18 Å². The van der Waals surface area contributed by atoms with Crippen LogP contribution in [0.15, 0.2) is 23.4 Å². The van der Waals surface area contributed by atoms with Gasteiger partial charge in [0.15, 0.2) is 5.84 Å². The van der Waals surface area contributed by atoms with E-state index in [9.17, 15) is 13.2 Å². The normalized spacial score (nSPS) is 21.1. The minimum Gasteiger partial charge on any atom is -0.409 e. The van der Waals surface area contributed by atoms with E-state index in [1.165, 1.54) is 6.07 Å². The van der Waals surface area contributed by atoms with E-state index in [0.29, 0.717) is 18.8 Å². The molecule has 3 N–H and O–H groups in total. The van der Waals surface area contributed by atoms with Gasteiger partial charge in [0.25, 0.3) is 0 Å². The molecule has 1 unspecified atom stereocenters. The molecule has 20 heavy (non-hydrogen) atoms. The number of hydrogen-bond donors (Lipinski definition) is 2. The van der Waals surface area contributed by atoms with Gasteiger partial charge in [-0.3, -0.25) is 0 Å². The molecule has 1 aliphatic heterocycles. The van der Waals surface area contributed by atoms with Gasteiger partial charge in [-0.2, -0.15) is 13.2 Å². The maximum atomic E-state index is 12.8. The fraction of sp³-hybridized carbons (Fsp3) is 0.500. The number of oxime groups is 1. The number of piperidine rings is 1. The van der Waals surface area contributed by atoms with Crippen LogP contribution in [-0.2, 0) is 0 Å². The molecule has 1 aromatic heterocycles. The highest BCUT2D eigenvalue weighted by atomic mass is 19.4. The molecule has 0 aromatic carbocycles. The van der Waals surface area contributed by atoms with Crippen LogP contribution in [0.25, 0.3) is 0 Å². The second-order valence-corrected chi connectivity index (χ2v) is 4.69. The highest BCUT2D eigenvalue weighted by Crippen LogP contribution is 2.34. The average Bonchev–Trinajstić information content (AvgIpc) is 2.46. The Morgan fingerprint density at radius 3 is 2.85 bits per heavy atom. The Kier molecular flexibility index (Phi) is 4.01. The second-order valence-electron chi connectivity index (χ2n) is 4.69. The first-order valence-electron chi connectivity index (χ1n) is 6.18. The molecule has 0 amide bonds. The summed E-state index contributed by atoms with van der Waals surface area (Å²) in [6.07, 6.45) is -3.60. The van der Waals surface area contributed by atoms with Crippen LogP contribution in [-0.4, -0.2) is 35.3 Å². The quantitative estimate of drug-likeness (QED) is 0.377. The summed E-state index contributed by atoms with van der Waals surface area (Å²) in [7, 11) is 0. The SMILES string of the molecule is NC(=NO)c1cccc(N2CCCC(C(F)(F)F)C2)n1. The molecule has 0 aliphatic carbocycles. The first kappa shape index (κ1) is 14.4. The van der Waals surface area contributed by atoms with Gasteiger partial charge in [0.1, 0.15) is 11.5 Å². The van der Waals surface area contributed by atoms with Crippen molar-refractivity contribution < 1.29 is 18.4 Å². The van der Waals surface area contributed by atoms with Crippen molar-refractivity contribution in [1.29, 1.82) is 0 Å². The summed E-state index contributed by atoms with van der Waals surface area (Å²) in [5.41, 5.74) is 5.66. The average molecular weight is 288 g/mol. The Bertz CT molecular complexity index is 504. The fourth-order valence-electron chi connectivity index (χ4n) is 2.25. The van der Waals surface area contributed by atoms with E-state index in [1.54, 1.807) is 17.0 Å². The zero-order valence-corrected chi connectivity index (χ0v) is 10.6. The van der Waals surface area contributed by atoms with E-state index in [2.05, 4.69) is 10.1 Å². The lowest BCUT2D eigenvalue weighted by Gasteiger charge is -2.34. The molecule has 2 heterocycles. The first-order valence-corrected chi connectivity index (χ1v) is 6.18. The van der Waals surface area contributed by atoms with Gasteiger partial charge in [0.2, 0.25) is 0 Å². The van der Waals surface area contributed by atoms with Crippen molar-refractivity contribution in [2.75, 3.05) is 18.0 Å². The standard InChI is InChI=1S/C12H15F3N4O/c13-12(14,15)8-3-2-6-19(7-8)10-5-1-4-9(17-10)11(16)18-20/h1,4-5,8,20H,2-3,6-7H2,(H2,16,18). The zero-order chi connectivity index (χ0) is 14.8. The van der Waals surface area contributed by atoms with E-state index >= 15 is 0 Å². The highest BCUT2D eigenvalue weighted by Gasteiger charge is 2.42. The number of amidine groups is 1. The topological polar surface area (TPSA) is 74.7 Å². The van der Waals surface area contributed by atoms with Crippen LogP contribution in [0.4, 0.5) is 19.0 Å². The number of pyridine rings is 1. The van der Waals surface area contributed by atoms with Crippen LogP contribution in [0.3, 0.4) is 0 Å². The van der Waals surface area contributed by atoms with Crippen molar-refractivity contribution in [2.24, 2.45) is 16.8 Å². The van der Waals surface area contributed by atoms with Gasteiger partial charge in [-0.25, -0.2) is 4.98 Å². The predicted octanol–water partition coefficient (Wildman–Crippen LogP) is 1.95. The fourth-order valence-corrected chi connectivity index (χ4v) is 2.25. The number of anilines is 1. The molecule has 0 bridgehead atoms. The number of nitrogens with zero attached hydrogens (tertiary/aromatic N) is 3. The molecule has 0 saturated carbocycles. The van der Waals surface area contributed by atoms with Gasteiger partial charge in [0.05, 0.1) is 5.92 Å². The van der Waals surface area contributed by atoms with Crippen LogP contribution >= 0.6 is 0 Å². The third-order valence-corrected chi connectivity index (χ3v) is 3.31. The van der Waals surface area contributed by atoms with Crippen LogP contribution in [0, 0.1) is 5.92 Å². The number of nitrogens with two attached hydrogens (primary N) is 1. The second kappa shape index (κ2) is 5.56. The monoisotopic (exact) mass is 288 g/mol. The molecular weight excluding hydrogens is 273 g/mol. The Hall–Kier alpha value is -1.99. The number of alkyl halides is 3. The molecule has 110 valence electrons. The molecular formula is C12H15F3N4O. The smallest absolute Gasteiger partial charge is 0.393 e. The van der Waals surface area contributed by atoms with Gasteiger partial charge in [-0.05, 0) is 25.0 Å². The largest absolute Gasteiger partial charge is 0.409 e. The van der Waals surface area contributed by atoms with Crippen molar-refractivity contribution in [2.45, 2.75) is 19.0 Å². The Morgan fingerprint density at radius 2 is 2.20 bits per heavy atom. The molecule has 1 fully saturated rings. The summed E-state index contributed by atoms with van der Waals surface area (Å²) in [4.78, 5) is 5.71. The summed E-state index contributed by atoms with van der Waals surface area (Å²) in [5.74, 6) is -1.11. The minimum absolute atomic E-state index is 0.115. The maximum absolute atomic E-state index is 12.8. The number of aromatic nitrogens is 1. The van der Waals surface area contributed by atoms with Crippen molar-refractivity contribution in [3.63, 3.8) is 0 Å². The van der Waals surface area contributed by atoms with E-state index in [4.69, 9.17) is 10.9 Å².